The summed E-state index contributed by atoms with van der Waals surface area (Å²) in [6, 6.07) is 7.56. The van der Waals surface area contributed by atoms with E-state index in [9.17, 15) is 4.79 Å². The van der Waals surface area contributed by atoms with E-state index < -0.39 is 0 Å². The summed E-state index contributed by atoms with van der Waals surface area (Å²) in [5, 5.41) is 0. The molecule has 0 N–H and O–H groups in total. The van der Waals surface area contributed by atoms with Crippen LogP contribution < -0.4 is 0 Å². The summed E-state index contributed by atoms with van der Waals surface area (Å²) in [5.74, 6) is -0.0373. The van der Waals surface area contributed by atoms with Crippen LogP contribution in [0, 0.1) is 0 Å². The van der Waals surface area contributed by atoms with Crippen LogP contribution in [0.3, 0.4) is 0 Å². The number of carbonyl (C=O) groups is 1. The van der Waals surface area contributed by atoms with E-state index in [1.807, 2.05) is 18.2 Å². The van der Waals surface area contributed by atoms with Crippen LogP contribution in [-0.2, 0) is 6.42 Å². The van der Waals surface area contributed by atoms with Gasteiger partial charge in [0.1, 0.15) is 0 Å². The van der Waals surface area contributed by atoms with Gasteiger partial charge in [-0.05, 0) is 34.1 Å². The van der Waals surface area contributed by atoms with Gasteiger partial charge in [-0.2, -0.15) is 0 Å². The summed E-state index contributed by atoms with van der Waals surface area (Å²) in [4.78, 5) is 22.1. The summed E-state index contributed by atoms with van der Waals surface area (Å²) in [7, 11) is 1.78. The van der Waals surface area contributed by atoms with E-state index in [1.165, 1.54) is 0 Å². The zero-order valence-electron chi connectivity index (χ0n) is 10.6. The maximum absolute atomic E-state index is 12.2. The second kappa shape index (κ2) is 6.43. The molecule has 0 atom stereocenters. The van der Waals surface area contributed by atoms with Crippen molar-refractivity contribution in [2.45, 2.75) is 6.42 Å². The highest BCUT2D eigenvalue weighted by molar-refractivity contribution is 9.10. The molecular weight excluding hydrogens is 306 g/mol. The van der Waals surface area contributed by atoms with Crippen LogP contribution in [0.2, 0.25) is 0 Å². The lowest BCUT2D eigenvalue weighted by atomic mass is 10.2. The fourth-order valence-electron chi connectivity index (χ4n) is 1.68. The SMILES string of the molecule is CN(CCc1ccccn1)C(=O)c1cncc(Br)c1. The van der Waals surface area contributed by atoms with Crippen molar-refractivity contribution in [1.29, 1.82) is 0 Å². The van der Waals surface area contributed by atoms with E-state index in [0.717, 1.165) is 16.6 Å². The third-order valence-corrected chi connectivity index (χ3v) is 3.16. The lowest BCUT2D eigenvalue weighted by molar-refractivity contribution is 0.0796. The minimum absolute atomic E-state index is 0.0373. The molecule has 1 amide bonds. The fraction of sp³-hybridized carbons (Fsp3) is 0.214. The van der Waals surface area contributed by atoms with Crippen LogP contribution in [0.5, 0.6) is 0 Å². The Hall–Kier alpha value is -1.75. The average Bonchev–Trinajstić information content (AvgIpc) is 2.45. The maximum atomic E-state index is 12.2. The molecule has 0 radical (unpaired) electrons. The van der Waals surface area contributed by atoms with Gasteiger partial charge in [-0.1, -0.05) is 6.07 Å². The van der Waals surface area contributed by atoms with Crippen LogP contribution in [0.25, 0.3) is 0 Å². The molecule has 0 aliphatic heterocycles. The Bertz CT molecular complexity index is 560. The maximum Gasteiger partial charge on any atom is 0.255 e. The smallest absolute Gasteiger partial charge is 0.255 e. The Kier molecular flexibility index (Phi) is 4.63. The molecule has 0 aromatic carbocycles. The molecule has 0 unspecified atom stereocenters. The van der Waals surface area contributed by atoms with Gasteiger partial charge >= 0.3 is 0 Å². The summed E-state index contributed by atoms with van der Waals surface area (Å²) in [6.07, 6.45) is 5.73. The van der Waals surface area contributed by atoms with Crippen molar-refractivity contribution < 1.29 is 4.79 Å². The summed E-state index contributed by atoms with van der Waals surface area (Å²) in [5.41, 5.74) is 1.56. The van der Waals surface area contributed by atoms with E-state index in [2.05, 4.69) is 25.9 Å². The highest BCUT2D eigenvalue weighted by atomic mass is 79.9. The lowest BCUT2D eigenvalue weighted by Crippen LogP contribution is -2.29. The van der Waals surface area contributed by atoms with Crippen molar-refractivity contribution in [3.63, 3.8) is 0 Å². The molecule has 19 heavy (non-hydrogen) atoms. The van der Waals surface area contributed by atoms with Crippen molar-refractivity contribution in [2.24, 2.45) is 0 Å². The highest BCUT2D eigenvalue weighted by Gasteiger charge is 2.12. The predicted molar refractivity (Wildman–Crippen MR) is 76.8 cm³/mol. The van der Waals surface area contributed by atoms with Crippen LogP contribution >= 0.6 is 15.9 Å². The van der Waals surface area contributed by atoms with Crippen LogP contribution in [0.4, 0.5) is 0 Å². The molecule has 4 nitrogen and oxygen atoms in total. The summed E-state index contributed by atoms with van der Waals surface area (Å²) < 4.78 is 0.802. The number of hydrogen-bond donors (Lipinski definition) is 0. The molecule has 0 aliphatic rings. The molecule has 2 aromatic rings. The minimum atomic E-state index is -0.0373. The molecular formula is C14H14BrN3O. The monoisotopic (exact) mass is 319 g/mol. The lowest BCUT2D eigenvalue weighted by Gasteiger charge is -2.16. The second-order valence-corrected chi connectivity index (χ2v) is 5.11. The Morgan fingerprint density at radius 2 is 2.21 bits per heavy atom. The van der Waals surface area contributed by atoms with Gasteiger partial charge in [0.05, 0.1) is 5.56 Å². The van der Waals surface area contributed by atoms with Crippen molar-refractivity contribution in [2.75, 3.05) is 13.6 Å². The molecule has 5 heteroatoms. The number of hydrogen-bond acceptors (Lipinski definition) is 3. The van der Waals surface area contributed by atoms with E-state index in [0.29, 0.717) is 12.1 Å². The molecule has 2 heterocycles. The number of aromatic nitrogens is 2. The molecule has 0 bridgehead atoms. The van der Waals surface area contributed by atoms with E-state index in [4.69, 9.17) is 0 Å². The predicted octanol–water partition coefficient (Wildman–Crippen LogP) is 2.55. The Morgan fingerprint density at radius 3 is 2.89 bits per heavy atom. The minimum Gasteiger partial charge on any atom is -0.341 e. The molecule has 0 aliphatic carbocycles. The van der Waals surface area contributed by atoms with Crippen LogP contribution in [-0.4, -0.2) is 34.4 Å². The topological polar surface area (TPSA) is 46.1 Å². The summed E-state index contributed by atoms with van der Waals surface area (Å²) in [6.45, 7) is 0.627. The summed E-state index contributed by atoms with van der Waals surface area (Å²) >= 11 is 3.31. The first-order valence-electron chi connectivity index (χ1n) is 5.93. The molecule has 0 fully saturated rings. The van der Waals surface area contributed by atoms with Crippen molar-refractivity contribution in [3.8, 4) is 0 Å². The largest absolute Gasteiger partial charge is 0.341 e. The quantitative estimate of drug-likeness (QED) is 0.870. The van der Waals surface area contributed by atoms with E-state index in [1.54, 1.807) is 36.6 Å². The average molecular weight is 320 g/mol. The van der Waals surface area contributed by atoms with Crippen LogP contribution in [0.15, 0.2) is 47.3 Å². The second-order valence-electron chi connectivity index (χ2n) is 4.19. The number of nitrogens with zero attached hydrogens (tertiary/aromatic N) is 3. The zero-order chi connectivity index (χ0) is 13.7. The normalized spacial score (nSPS) is 10.2. The highest BCUT2D eigenvalue weighted by Crippen LogP contribution is 2.11. The molecule has 98 valence electrons. The van der Waals surface area contributed by atoms with Gasteiger partial charge in [-0.3, -0.25) is 14.8 Å². The van der Waals surface area contributed by atoms with Gasteiger partial charge in [-0.25, -0.2) is 0 Å². The number of amides is 1. The first-order valence-corrected chi connectivity index (χ1v) is 6.72. The number of halogens is 1. The third kappa shape index (κ3) is 3.86. The number of pyridine rings is 2. The van der Waals surface area contributed by atoms with E-state index in [-0.39, 0.29) is 5.91 Å². The Balaban J connectivity index is 1.96. The zero-order valence-corrected chi connectivity index (χ0v) is 12.2. The van der Waals surface area contributed by atoms with Crippen molar-refractivity contribution in [3.05, 3.63) is 58.6 Å². The molecule has 0 saturated heterocycles. The van der Waals surface area contributed by atoms with Gasteiger partial charge in [0, 0.05) is 48.8 Å². The first-order chi connectivity index (χ1) is 9.16. The van der Waals surface area contributed by atoms with Gasteiger partial charge in [0.2, 0.25) is 0 Å². The van der Waals surface area contributed by atoms with Gasteiger partial charge in [0.15, 0.2) is 0 Å². The van der Waals surface area contributed by atoms with Crippen molar-refractivity contribution in [1.82, 2.24) is 14.9 Å². The van der Waals surface area contributed by atoms with Crippen LogP contribution in [0.1, 0.15) is 16.1 Å². The standard InChI is InChI=1S/C14H14BrN3O/c1-18(7-5-13-4-2-3-6-17-13)14(19)11-8-12(15)10-16-9-11/h2-4,6,8-10H,5,7H2,1H3. The number of rotatable bonds is 4. The Morgan fingerprint density at radius 1 is 1.37 bits per heavy atom. The van der Waals surface area contributed by atoms with Gasteiger partial charge < -0.3 is 4.90 Å². The van der Waals surface area contributed by atoms with Gasteiger partial charge in [0.25, 0.3) is 5.91 Å². The van der Waals surface area contributed by atoms with Gasteiger partial charge in [-0.15, -0.1) is 0 Å². The number of likely N-dealkylation sites (N-methyl/N-ethyl adjacent to an activating group) is 1. The third-order valence-electron chi connectivity index (χ3n) is 2.73. The first kappa shape index (κ1) is 13.7. The molecule has 0 saturated carbocycles. The Labute approximate surface area is 120 Å². The molecule has 2 rings (SSSR count). The van der Waals surface area contributed by atoms with E-state index >= 15 is 0 Å². The number of carbonyl (C=O) groups excluding carboxylic acids is 1. The van der Waals surface area contributed by atoms with Crippen molar-refractivity contribution >= 4 is 21.8 Å². The fourth-order valence-corrected chi connectivity index (χ4v) is 2.04. The molecule has 0 spiro atoms. The molecule has 2 aromatic heterocycles.